The molecule has 0 spiro atoms. The molecule has 0 unspecified atom stereocenters. The lowest BCUT2D eigenvalue weighted by molar-refractivity contribution is -0.149. The van der Waals surface area contributed by atoms with Crippen molar-refractivity contribution < 1.29 is 28.6 Å². The predicted molar refractivity (Wildman–Crippen MR) is 232 cm³/mol. The fraction of sp³-hybridized carbons (Fsp3) is 0.938. The minimum atomic E-state index is -0.0265. The van der Waals surface area contributed by atoms with Gasteiger partial charge in [0.25, 0.3) is 0 Å². The summed E-state index contributed by atoms with van der Waals surface area (Å²) in [5, 5.41) is 0. The maximum atomic E-state index is 13.0. The Bertz CT molecular complexity index is 791. The molecular weight excluding hydrogens is 687 g/mol. The monoisotopic (exact) mass is 780 g/mol. The van der Waals surface area contributed by atoms with Crippen LogP contribution < -0.4 is 0 Å². The molecule has 7 heteroatoms. The van der Waals surface area contributed by atoms with E-state index in [2.05, 4.69) is 27.7 Å². The molecule has 7 nitrogen and oxygen atoms in total. The number of hydrogen-bond acceptors (Lipinski definition) is 7. The van der Waals surface area contributed by atoms with Crippen LogP contribution in [0, 0.1) is 17.8 Å². The lowest BCUT2D eigenvalue weighted by atomic mass is 9.93. The second-order valence-electron chi connectivity index (χ2n) is 17.0. The molecule has 0 radical (unpaired) electrons. The third kappa shape index (κ3) is 36.5. The van der Waals surface area contributed by atoms with E-state index >= 15 is 0 Å². The lowest BCUT2D eigenvalue weighted by Gasteiger charge is -2.17. The van der Waals surface area contributed by atoms with Crippen molar-refractivity contribution in [3.05, 3.63) is 0 Å². The molecule has 326 valence electrons. The summed E-state index contributed by atoms with van der Waals surface area (Å²) in [5.41, 5.74) is 0. The highest BCUT2D eigenvalue weighted by Crippen LogP contribution is 2.23. The van der Waals surface area contributed by atoms with Crippen LogP contribution in [0.4, 0.5) is 0 Å². The third-order valence-electron chi connectivity index (χ3n) is 11.4. The number of ether oxygens (including phenoxy) is 3. The van der Waals surface area contributed by atoms with Gasteiger partial charge >= 0.3 is 17.9 Å². The van der Waals surface area contributed by atoms with Crippen LogP contribution in [-0.2, 0) is 28.6 Å². The molecule has 0 aromatic rings. The Hall–Kier alpha value is -1.63. The van der Waals surface area contributed by atoms with E-state index in [1.165, 1.54) is 103 Å². The highest BCUT2D eigenvalue weighted by atomic mass is 16.5. The highest BCUT2D eigenvalue weighted by molar-refractivity contribution is 5.72. The molecule has 0 rings (SSSR count). The van der Waals surface area contributed by atoms with Gasteiger partial charge in [0.05, 0.1) is 19.1 Å². The average molecular weight is 780 g/mol. The van der Waals surface area contributed by atoms with Crippen molar-refractivity contribution in [1.29, 1.82) is 0 Å². The molecule has 0 saturated carbocycles. The topological polar surface area (TPSA) is 82.1 Å². The van der Waals surface area contributed by atoms with Crippen LogP contribution in [0.25, 0.3) is 0 Å². The van der Waals surface area contributed by atoms with Crippen molar-refractivity contribution in [3.8, 4) is 0 Å². The van der Waals surface area contributed by atoms with Crippen molar-refractivity contribution in [2.75, 3.05) is 40.5 Å². The Morgan fingerprint density at radius 1 is 0.400 bits per heavy atom. The molecule has 0 N–H and O–H groups in total. The first-order chi connectivity index (χ1) is 26.8. The van der Waals surface area contributed by atoms with Crippen molar-refractivity contribution >= 4 is 17.9 Å². The van der Waals surface area contributed by atoms with Crippen LogP contribution in [0.1, 0.15) is 233 Å². The third-order valence-corrected chi connectivity index (χ3v) is 11.4. The van der Waals surface area contributed by atoms with Gasteiger partial charge in [0.1, 0.15) is 6.61 Å². The average Bonchev–Trinajstić information content (AvgIpc) is 3.17. The van der Waals surface area contributed by atoms with E-state index in [0.29, 0.717) is 44.5 Å². The molecule has 0 amide bonds. The van der Waals surface area contributed by atoms with Crippen LogP contribution in [0.3, 0.4) is 0 Å². The van der Waals surface area contributed by atoms with Gasteiger partial charge in [-0.3, -0.25) is 14.4 Å². The van der Waals surface area contributed by atoms with Crippen LogP contribution in [-0.4, -0.2) is 63.3 Å². The number of likely N-dealkylation sites (N-methyl/N-ethyl adjacent to an activating group) is 1. The summed E-state index contributed by atoms with van der Waals surface area (Å²) >= 11 is 0. The van der Waals surface area contributed by atoms with Gasteiger partial charge in [-0.2, -0.15) is 0 Å². The Morgan fingerprint density at radius 2 is 0.745 bits per heavy atom. The summed E-state index contributed by atoms with van der Waals surface area (Å²) in [4.78, 5) is 39.5. The van der Waals surface area contributed by atoms with Gasteiger partial charge in [0.15, 0.2) is 0 Å². The van der Waals surface area contributed by atoms with Crippen LogP contribution >= 0.6 is 0 Å². The minimum Gasteiger partial charge on any atom is -0.466 e. The van der Waals surface area contributed by atoms with E-state index in [9.17, 15) is 14.4 Å². The van der Waals surface area contributed by atoms with E-state index < -0.39 is 0 Å². The summed E-state index contributed by atoms with van der Waals surface area (Å²) in [5.74, 6) is 1.33. The molecule has 0 heterocycles. The Balaban J connectivity index is 4.13. The normalized spacial score (nSPS) is 11.7. The van der Waals surface area contributed by atoms with Gasteiger partial charge in [-0.25, -0.2) is 0 Å². The van der Waals surface area contributed by atoms with Crippen molar-refractivity contribution in [1.82, 2.24) is 4.90 Å². The SMILES string of the molecule is CCCCC(CCCC)CCOC(=O)CCCCCCCCCC(CCCCCCCCCC(=O)OCCC(CCCC)CCCC)C(=O)OCCN(C)C. The second kappa shape index (κ2) is 40.6. The maximum Gasteiger partial charge on any atom is 0.308 e. The second-order valence-corrected chi connectivity index (χ2v) is 17.0. The first-order valence-electron chi connectivity index (χ1n) is 23.9. The van der Waals surface area contributed by atoms with Crippen molar-refractivity contribution in [2.45, 2.75) is 233 Å². The number of unbranched alkanes of at least 4 members (excludes halogenated alkanes) is 16. The zero-order valence-electron chi connectivity index (χ0n) is 37.6. The minimum absolute atomic E-state index is 0.00123. The van der Waals surface area contributed by atoms with Crippen LogP contribution in [0.5, 0.6) is 0 Å². The lowest BCUT2D eigenvalue weighted by Crippen LogP contribution is -2.24. The summed E-state index contributed by atoms with van der Waals surface area (Å²) in [6.45, 7) is 11.4. The molecule has 0 atom stereocenters. The number of carbonyl (C=O) groups is 3. The molecule has 0 aromatic carbocycles. The highest BCUT2D eigenvalue weighted by Gasteiger charge is 2.19. The number of hydrogen-bond donors (Lipinski definition) is 0. The maximum absolute atomic E-state index is 13.0. The standard InChI is InChI=1S/C48H93NO6/c1-7-11-29-43(30-12-8-2)37-40-53-46(50)35-27-23-19-15-17-21-25-33-45(48(52)55-42-39-49(5)6)34-26-22-18-16-20-24-28-36-47(51)54-41-38-44(31-13-9-3)32-14-10-4/h43-45H,7-42H2,1-6H3. The predicted octanol–water partition coefficient (Wildman–Crippen LogP) is 13.6. The van der Waals surface area contributed by atoms with Gasteiger partial charge in [-0.15, -0.1) is 0 Å². The Morgan fingerprint density at radius 3 is 1.09 bits per heavy atom. The molecule has 0 aliphatic heterocycles. The molecule has 0 aromatic heterocycles. The van der Waals surface area contributed by atoms with E-state index in [-0.39, 0.29) is 23.8 Å². The Kier molecular flexibility index (Phi) is 39.4. The van der Waals surface area contributed by atoms with E-state index in [4.69, 9.17) is 14.2 Å². The fourth-order valence-electron chi connectivity index (χ4n) is 7.58. The molecule has 0 aliphatic carbocycles. The smallest absolute Gasteiger partial charge is 0.308 e. The zero-order valence-corrected chi connectivity index (χ0v) is 37.6. The van der Waals surface area contributed by atoms with Crippen LogP contribution in [0.2, 0.25) is 0 Å². The van der Waals surface area contributed by atoms with Crippen molar-refractivity contribution in [2.24, 2.45) is 17.8 Å². The van der Waals surface area contributed by atoms with Gasteiger partial charge < -0.3 is 19.1 Å². The summed E-state index contributed by atoms with van der Waals surface area (Å²) in [6.07, 6.45) is 35.5. The van der Waals surface area contributed by atoms with Crippen LogP contribution in [0.15, 0.2) is 0 Å². The van der Waals surface area contributed by atoms with Crippen molar-refractivity contribution in [3.63, 3.8) is 0 Å². The number of carbonyl (C=O) groups excluding carboxylic acids is 3. The largest absolute Gasteiger partial charge is 0.466 e. The molecule has 0 saturated heterocycles. The molecule has 55 heavy (non-hydrogen) atoms. The zero-order chi connectivity index (χ0) is 40.6. The number of nitrogens with zero attached hydrogens (tertiary/aromatic N) is 1. The molecular formula is C48H93NO6. The molecule has 0 fully saturated rings. The first-order valence-corrected chi connectivity index (χ1v) is 23.9. The number of esters is 3. The molecule has 0 bridgehead atoms. The van der Waals surface area contributed by atoms with Gasteiger partial charge in [-0.05, 0) is 64.5 Å². The van der Waals surface area contributed by atoms with Gasteiger partial charge in [0.2, 0.25) is 0 Å². The summed E-state index contributed by atoms with van der Waals surface area (Å²) < 4.78 is 16.8. The first kappa shape index (κ1) is 53.4. The van der Waals surface area contributed by atoms with Gasteiger partial charge in [0, 0.05) is 19.4 Å². The fourth-order valence-corrected chi connectivity index (χ4v) is 7.58. The van der Waals surface area contributed by atoms with E-state index in [1.807, 2.05) is 19.0 Å². The Labute approximate surface area is 341 Å². The van der Waals surface area contributed by atoms with E-state index in [0.717, 1.165) is 96.4 Å². The van der Waals surface area contributed by atoms with Gasteiger partial charge in [-0.1, -0.05) is 182 Å². The molecule has 0 aliphatic rings. The summed E-state index contributed by atoms with van der Waals surface area (Å²) in [6, 6.07) is 0. The van der Waals surface area contributed by atoms with E-state index in [1.54, 1.807) is 0 Å². The summed E-state index contributed by atoms with van der Waals surface area (Å²) in [7, 11) is 4.00. The quantitative estimate of drug-likeness (QED) is 0.0347. The number of rotatable bonds is 42.